The van der Waals surface area contributed by atoms with E-state index in [1.165, 1.54) is 12.2 Å². The van der Waals surface area contributed by atoms with Gasteiger partial charge < -0.3 is 13.6 Å². The zero-order valence-corrected chi connectivity index (χ0v) is 15.2. The number of benzene rings is 1. The molecule has 0 saturated heterocycles. The van der Waals surface area contributed by atoms with Gasteiger partial charge in [0.25, 0.3) is 5.89 Å². The number of rotatable bonds is 5. The number of ether oxygens (including phenoxy) is 1. The fourth-order valence-corrected chi connectivity index (χ4v) is 2.44. The summed E-state index contributed by atoms with van der Waals surface area (Å²) in [4.78, 5) is 11.9. The number of carbonyl (C=O) groups is 1. The van der Waals surface area contributed by atoms with E-state index in [0.29, 0.717) is 16.3 Å². The predicted molar refractivity (Wildman–Crippen MR) is 94.4 cm³/mol. The molecule has 25 heavy (non-hydrogen) atoms. The molecule has 6 nitrogen and oxygen atoms in total. The van der Waals surface area contributed by atoms with E-state index in [-0.39, 0.29) is 5.89 Å². The van der Waals surface area contributed by atoms with Crippen LogP contribution in [0.2, 0.25) is 0 Å². The minimum absolute atomic E-state index is 0.235. The summed E-state index contributed by atoms with van der Waals surface area (Å²) in [6.07, 6.45) is 2.14. The summed E-state index contributed by atoms with van der Waals surface area (Å²) >= 11 is 3.19. The first kappa shape index (κ1) is 17.2. The van der Waals surface area contributed by atoms with Gasteiger partial charge in [0.05, 0.1) is 0 Å². The maximum absolute atomic E-state index is 11.9. The van der Waals surface area contributed by atoms with E-state index >= 15 is 0 Å². The third-order valence-corrected chi connectivity index (χ3v) is 3.75. The van der Waals surface area contributed by atoms with Gasteiger partial charge >= 0.3 is 5.97 Å². The first-order valence-electron chi connectivity index (χ1n) is 7.56. The molecule has 0 fully saturated rings. The maximum Gasteiger partial charge on any atom is 0.331 e. The van der Waals surface area contributed by atoms with Crippen molar-refractivity contribution in [3.63, 3.8) is 0 Å². The van der Waals surface area contributed by atoms with Crippen LogP contribution in [0.25, 0.3) is 17.5 Å². The zero-order chi connectivity index (χ0) is 17.8. The van der Waals surface area contributed by atoms with Crippen LogP contribution in [-0.2, 0) is 9.53 Å². The number of furan rings is 1. The summed E-state index contributed by atoms with van der Waals surface area (Å²) in [5.74, 6) is 0.628. The van der Waals surface area contributed by atoms with Crippen LogP contribution in [0.5, 0.6) is 0 Å². The van der Waals surface area contributed by atoms with Crippen molar-refractivity contribution in [2.45, 2.75) is 20.0 Å². The fraction of sp³-hybridized carbons (Fsp3) is 0.167. The number of aromatic nitrogens is 2. The number of halogens is 1. The Morgan fingerprint density at radius 2 is 2.08 bits per heavy atom. The van der Waals surface area contributed by atoms with Crippen molar-refractivity contribution >= 4 is 28.0 Å². The van der Waals surface area contributed by atoms with Crippen molar-refractivity contribution in [2.24, 2.45) is 0 Å². The molecule has 0 aliphatic heterocycles. The van der Waals surface area contributed by atoms with Crippen LogP contribution in [0.3, 0.4) is 0 Å². The van der Waals surface area contributed by atoms with Crippen molar-refractivity contribution in [3.8, 4) is 11.5 Å². The summed E-state index contributed by atoms with van der Waals surface area (Å²) in [6, 6.07) is 11.2. The van der Waals surface area contributed by atoms with Crippen molar-refractivity contribution in [1.82, 2.24) is 10.2 Å². The lowest BCUT2D eigenvalue weighted by molar-refractivity contribution is -0.143. The lowest BCUT2D eigenvalue weighted by atomic mass is 10.1. The molecule has 0 N–H and O–H groups in total. The Morgan fingerprint density at radius 3 is 2.80 bits per heavy atom. The molecule has 3 rings (SSSR count). The number of hydrogen-bond donors (Lipinski definition) is 0. The quantitative estimate of drug-likeness (QED) is 0.453. The average Bonchev–Trinajstić information content (AvgIpc) is 3.22. The number of aryl methyl sites for hydroxylation is 1. The highest BCUT2D eigenvalue weighted by atomic mass is 79.9. The molecule has 7 heteroatoms. The number of hydrogen-bond acceptors (Lipinski definition) is 6. The number of esters is 1. The van der Waals surface area contributed by atoms with Gasteiger partial charge in [-0.25, -0.2) is 4.79 Å². The highest BCUT2D eigenvalue weighted by molar-refractivity contribution is 9.10. The minimum atomic E-state index is -0.661. The molecule has 0 amide bonds. The normalized spacial score (nSPS) is 12.4. The Balaban J connectivity index is 1.64. The highest BCUT2D eigenvalue weighted by Gasteiger charge is 2.18. The number of nitrogens with zero attached hydrogens (tertiary/aromatic N) is 2. The molecule has 0 saturated carbocycles. The fourth-order valence-electron chi connectivity index (χ4n) is 2.13. The summed E-state index contributed by atoms with van der Waals surface area (Å²) in [5, 5.41) is 7.96. The van der Waals surface area contributed by atoms with Gasteiger partial charge in [0.1, 0.15) is 5.76 Å². The second kappa shape index (κ2) is 7.48. The van der Waals surface area contributed by atoms with Crippen LogP contribution < -0.4 is 0 Å². The molecule has 0 bridgehead atoms. The third kappa shape index (κ3) is 4.45. The molecule has 3 aromatic rings. The van der Waals surface area contributed by atoms with Crippen molar-refractivity contribution in [1.29, 1.82) is 0 Å². The average molecular weight is 403 g/mol. The van der Waals surface area contributed by atoms with Gasteiger partial charge in [-0.15, -0.1) is 10.2 Å². The maximum atomic E-state index is 11.9. The van der Waals surface area contributed by atoms with E-state index in [4.69, 9.17) is 13.6 Å². The molecular formula is C18H15BrN2O4. The van der Waals surface area contributed by atoms with Crippen molar-refractivity contribution < 1.29 is 18.4 Å². The van der Waals surface area contributed by atoms with Gasteiger partial charge in [-0.3, -0.25) is 0 Å². The monoisotopic (exact) mass is 402 g/mol. The van der Waals surface area contributed by atoms with E-state index < -0.39 is 12.1 Å². The molecule has 128 valence electrons. The molecule has 0 spiro atoms. The first-order chi connectivity index (χ1) is 12.0. The molecule has 2 aromatic heterocycles. The van der Waals surface area contributed by atoms with Crippen LogP contribution in [0.15, 0.2) is 56.0 Å². The Morgan fingerprint density at radius 1 is 1.24 bits per heavy atom. The second-order valence-electron chi connectivity index (χ2n) is 5.37. The van der Waals surface area contributed by atoms with Crippen LogP contribution in [0, 0.1) is 6.92 Å². The molecule has 2 heterocycles. The zero-order valence-electron chi connectivity index (χ0n) is 13.6. The summed E-state index contributed by atoms with van der Waals surface area (Å²) in [7, 11) is 0. The standard InChI is InChI=1S/C18H15BrN2O4/c1-11-4-3-5-13(10-11)18-21-20-17(25-18)12(2)23-16(22)9-7-14-6-8-15(19)24-14/h3-10,12H,1-2H3/b9-7+. The predicted octanol–water partition coefficient (Wildman–Crippen LogP) is 4.72. The lowest BCUT2D eigenvalue weighted by Crippen LogP contribution is -2.06. The van der Waals surface area contributed by atoms with Gasteiger partial charge in [0.2, 0.25) is 5.89 Å². The minimum Gasteiger partial charge on any atom is -0.450 e. The van der Waals surface area contributed by atoms with E-state index in [1.807, 2.05) is 31.2 Å². The van der Waals surface area contributed by atoms with E-state index in [0.717, 1.165) is 11.1 Å². The van der Waals surface area contributed by atoms with Crippen LogP contribution in [0.1, 0.15) is 30.2 Å². The SMILES string of the molecule is Cc1cccc(-c2nnc(C(C)OC(=O)/C=C/c3ccc(Br)o3)o2)c1. The topological polar surface area (TPSA) is 78.4 Å². The van der Waals surface area contributed by atoms with E-state index in [1.54, 1.807) is 19.1 Å². The Hall–Kier alpha value is -2.67. The lowest BCUT2D eigenvalue weighted by Gasteiger charge is -2.06. The Bertz CT molecular complexity index is 913. The highest BCUT2D eigenvalue weighted by Crippen LogP contribution is 2.23. The third-order valence-electron chi connectivity index (χ3n) is 3.32. The van der Waals surface area contributed by atoms with Crippen LogP contribution in [0.4, 0.5) is 0 Å². The Labute approximate surface area is 152 Å². The van der Waals surface area contributed by atoms with Crippen molar-refractivity contribution in [2.75, 3.05) is 0 Å². The summed E-state index contributed by atoms with van der Waals surface area (Å²) < 4.78 is 16.7. The van der Waals surface area contributed by atoms with Crippen LogP contribution in [-0.4, -0.2) is 16.2 Å². The van der Waals surface area contributed by atoms with E-state index in [2.05, 4.69) is 26.1 Å². The van der Waals surface area contributed by atoms with E-state index in [9.17, 15) is 4.79 Å². The Kier molecular flexibility index (Phi) is 5.14. The van der Waals surface area contributed by atoms with Gasteiger partial charge in [0, 0.05) is 11.6 Å². The number of carbonyl (C=O) groups excluding carboxylic acids is 1. The summed E-state index contributed by atoms with van der Waals surface area (Å²) in [6.45, 7) is 3.65. The van der Waals surface area contributed by atoms with Crippen molar-refractivity contribution in [3.05, 3.63) is 64.4 Å². The molecular weight excluding hydrogens is 388 g/mol. The first-order valence-corrected chi connectivity index (χ1v) is 8.35. The largest absolute Gasteiger partial charge is 0.450 e. The molecule has 0 radical (unpaired) electrons. The molecule has 0 aliphatic carbocycles. The molecule has 1 unspecified atom stereocenters. The molecule has 1 aromatic carbocycles. The van der Waals surface area contributed by atoms with Gasteiger partial charge in [0.15, 0.2) is 10.8 Å². The molecule has 1 atom stereocenters. The smallest absolute Gasteiger partial charge is 0.331 e. The van der Waals surface area contributed by atoms with Gasteiger partial charge in [-0.05, 0) is 60.1 Å². The van der Waals surface area contributed by atoms with Gasteiger partial charge in [-0.2, -0.15) is 0 Å². The molecule has 0 aliphatic rings. The van der Waals surface area contributed by atoms with Crippen LogP contribution >= 0.6 is 15.9 Å². The second-order valence-corrected chi connectivity index (χ2v) is 6.15. The summed E-state index contributed by atoms with van der Waals surface area (Å²) in [5.41, 5.74) is 1.91. The van der Waals surface area contributed by atoms with Gasteiger partial charge in [-0.1, -0.05) is 17.7 Å².